The third-order valence-electron chi connectivity index (χ3n) is 3.47. The molecule has 0 aliphatic rings. The molecule has 0 heterocycles. The molecule has 0 unspecified atom stereocenters. The van der Waals surface area contributed by atoms with Gasteiger partial charge in [-0.15, -0.1) is 0 Å². The second kappa shape index (κ2) is 6.84. The summed E-state index contributed by atoms with van der Waals surface area (Å²) in [5.74, 6) is 0. The molecule has 0 saturated heterocycles. The van der Waals surface area contributed by atoms with Crippen molar-refractivity contribution in [2.75, 3.05) is 4.72 Å². The van der Waals surface area contributed by atoms with Crippen LogP contribution in [0.25, 0.3) is 6.08 Å². The number of benzene rings is 2. The molecular formula is C17H18N2O4S. The van der Waals surface area contributed by atoms with Gasteiger partial charge in [-0.25, -0.2) is 8.42 Å². The summed E-state index contributed by atoms with van der Waals surface area (Å²) in [6.07, 6.45) is 1.53. The minimum absolute atomic E-state index is 0.145. The fourth-order valence-corrected chi connectivity index (χ4v) is 3.33. The molecule has 0 aromatic heterocycles. The molecule has 2 aromatic carbocycles. The van der Waals surface area contributed by atoms with Crippen molar-refractivity contribution in [3.63, 3.8) is 0 Å². The monoisotopic (exact) mass is 346 g/mol. The fraction of sp³-hybridized carbons (Fsp3) is 0.176. The van der Waals surface area contributed by atoms with Gasteiger partial charge in [-0.3, -0.25) is 14.8 Å². The van der Waals surface area contributed by atoms with Crippen molar-refractivity contribution >= 4 is 27.5 Å². The van der Waals surface area contributed by atoms with E-state index in [4.69, 9.17) is 0 Å². The molecule has 126 valence electrons. The molecule has 0 saturated carbocycles. The number of hydrogen-bond acceptors (Lipinski definition) is 4. The number of non-ortho nitro benzene ring substituents is 1. The lowest BCUT2D eigenvalue weighted by Crippen LogP contribution is -2.09. The van der Waals surface area contributed by atoms with Crippen LogP contribution in [0.4, 0.5) is 11.4 Å². The number of nitrogens with one attached hydrogen (secondary N) is 1. The maximum atomic E-state index is 12.2. The highest BCUT2D eigenvalue weighted by atomic mass is 32.2. The number of aryl methyl sites for hydroxylation is 3. The lowest BCUT2D eigenvalue weighted by molar-refractivity contribution is -0.384. The Labute approximate surface area is 141 Å². The van der Waals surface area contributed by atoms with Crippen molar-refractivity contribution in [3.05, 3.63) is 74.2 Å². The predicted molar refractivity (Wildman–Crippen MR) is 95.3 cm³/mol. The molecule has 24 heavy (non-hydrogen) atoms. The highest BCUT2D eigenvalue weighted by molar-refractivity contribution is 7.95. The molecule has 0 aliphatic carbocycles. The van der Waals surface area contributed by atoms with Crippen molar-refractivity contribution < 1.29 is 13.3 Å². The second-order valence-electron chi connectivity index (χ2n) is 5.57. The van der Waals surface area contributed by atoms with Crippen LogP contribution >= 0.6 is 0 Å². The van der Waals surface area contributed by atoms with Crippen LogP contribution in [0.3, 0.4) is 0 Å². The summed E-state index contributed by atoms with van der Waals surface area (Å²) in [5, 5.41) is 11.8. The highest BCUT2D eigenvalue weighted by Gasteiger charge is 2.11. The third-order valence-corrected chi connectivity index (χ3v) is 4.48. The van der Waals surface area contributed by atoms with Crippen LogP contribution in [0, 0.1) is 30.9 Å². The van der Waals surface area contributed by atoms with Gasteiger partial charge in [0.05, 0.1) is 16.0 Å². The summed E-state index contributed by atoms with van der Waals surface area (Å²) in [7, 11) is -3.77. The standard InChI is InChI=1S/C17H18N2O4S/c1-12-9-13(2)17(14(3)10-12)7-8-24(22,23)18-15-5-4-6-16(11-15)19(20)21/h4-11,18H,1-3H3. The fourth-order valence-electron chi connectivity index (χ4n) is 2.49. The van der Waals surface area contributed by atoms with Gasteiger partial charge in [-0.2, -0.15) is 0 Å². The zero-order chi connectivity index (χ0) is 17.9. The highest BCUT2D eigenvalue weighted by Crippen LogP contribution is 2.20. The maximum absolute atomic E-state index is 12.2. The maximum Gasteiger partial charge on any atom is 0.271 e. The molecule has 6 nitrogen and oxygen atoms in total. The SMILES string of the molecule is Cc1cc(C)c(C=CS(=O)(=O)Nc2cccc([N+](=O)[O-])c2)c(C)c1. The number of nitrogens with zero attached hydrogens (tertiary/aromatic N) is 1. The Morgan fingerprint density at radius 3 is 2.29 bits per heavy atom. The lowest BCUT2D eigenvalue weighted by atomic mass is 10.0. The Kier molecular flexibility index (Phi) is 5.04. The molecule has 0 radical (unpaired) electrons. The van der Waals surface area contributed by atoms with Crippen molar-refractivity contribution in [3.8, 4) is 0 Å². The first kappa shape index (κ1) is 17.7. The zero-order valence-electron chi connectivity index (χ0n) is 13.6. The Morgan fingerprint density at radius 2 is 1.71 bits per heavy atom. The largest absolute Gasteiger partial charge is 0.280 e. The first-order chi connectivity index (χ1) is 11.2. The number of hydrogen-bond donors (Lipinski definition) is 1. The molecule has 2 aromatic rings. The molecule has 0 bridgehead atoms. The van der Waals surface area contributed by atoms with E-state index in [1.807, 2.05) is 32.9 Å². The number of sulfonamides is 1. The van der Waals surface area contributed by atoms with Crippen molar-refractivity contribution in [1.29, 1.82) is 0 Å². The summed E-state index contributed by atoms with van der Waals surface area (Å²) in [5.41, 5.74) is 3.88. The van der Waals surface area contributed by atoms with Crippen molar-refractivity contribution in [2.45, 2.75) is 20.8 Å². The second-order valence-corrected chi connectivity index (χ2v) is 7.14. The first-order valence-corrected chi connectivity index (χ1v) is 8.76. The van der Waals surface area contributed by atoms with E-state index in [9.17, 15) is 18.5 Å². The lowest BCUT2D eigenvalue weighted by Gasteiger charge is -2.08. The van der Waals surface area contributed by atoms with Gasteiger partial charge < -0.3 is 0 Å². The van der Waals surface area contributed by atoms with Gasteiger partial charge in [-0.05, 0) is 49.6 Å². The van der Waals surface area contributed by atoms with Gasteiger partial charge in [0.15, 0.2) is 0 Å². The van der Waals surface area contributed by atoms with E-state index in [-0.39, 0.29) is 11.4 Å². The van der Waals surface area contributed by atoms with E-state index in [1.54, 1.807) is 0 Å². The van der Waals surface area contributed by atoms with Crippen LogP contribution in [0.15, 0.2) is 41.8 Å². The number of nitro groups is 1. The van der Waals surface area contributed by atoms with Gasteiger partial charge in [0.1, 0.15) is 0 Å². The summed E-state index contributed by atoms with van der Waals surface area (Å²) in [4.78, 5) is 10.2. The normalized spacial score (nSPS) is 11.6. The minimum Gasteiger partial charge on any atom is -0.280 e. The van der Waals surface area contributed by atoms with E-state index in [2.05, 4.69) is 4.72 Å². The van der Waals surface area contributed by atoms with E-state index in [0.717, 1.165) is 27.7 Å². The van der Waals surface area contributed by atoms with Crippen molar-refractivity contribution in [2.24, 2.45) is 0 Å². The molecule has 1 N–H and O–H groups in total. The van der Waals surface area contributed by atoms with Crippen LogP contribution in [0.1, 0.15) is 22.3 Å². The average molecular weight is 346 g/mol. The molecular weight excluding hydrogens is 328 g/mol. The molecule has 0 amide bonds. The topological polar surface area (TPSA) is 89.3 Å². The average Bonchev–Trinajstić information content (AvgIpc) is 2.45. The Morgan fingerprint density at radius 1 is 1.08 bits per heavy atom. The summed E-state index contributed by atoms with van der Waals surface area (Å²) >= 11 is 0. The van der Waals surface area contributed by atoms with Gasteiger partial charge in [-0.1, -0.05) is 23.8 Å². The number of nitro benzene ring substituents is 1. The minimum atomic E-state index is -3.77. The van der Waals surface area contributed by atoms with E-state index in [1.165, 1.54) is 30.3 Å². The molecule has 0 aliphatic heterocycles. The molecule has 7 heteroatoms. The van der Waals surface area contributed by atoms with Crippen molar-refractivity contribution in [1.82, 2.24) is 0 Å². The molecule has 0 fully saturated rings. The predicted octanol–water partition coefficient (Wildman–Crippen LogP) is 3.93. The van der Waals surface area contributed by atoms with Crippen LogP contribution < -0.4 is 4.72 Å². The van der Waals surface area contributed by atoms with E-state index < -0.39 is 14.9 Å². The van der Waals surface area contributed by atoms with Crippen LogP contribution in [0.5, 0.6) is 0 Å². The smallest absolute Gasteiger partial charge is 0.271 e. The van der Waals surface area contributed by atoms with Crippen LogP contribution in [0.2, 0.25) is 0 Å². The van der Waals surface area contributed by atoms with E-state index >= 15 is 0 Å². The molecule has 0 spiro atoms. The zero-order valence-corrected chi connectivity index (χ0v) is 14.4. The first-order valence-electron chi connectivity index (χ1n) is 7.21. The quantitative estimate of drug-likeness (QED) is 0.656. The van der Waals surface area contributed by atoms with Gasteiger partial charge in [0, 0.05) is 12.1 Å². The van der Waals surface area contributed by atoms with Crippen LogP contribution in [-0.4, -0.2) is 13.3 Å². The molecule has 0 atom stereocenters. The summed E-state index contributed by atoms with van der Waals surface area (Å²) in [6.45, 7) is 5.81. The summed E-state index contributed by atoms with van der Waals surface area (Å²) < 4.78 is 26.7. The van der Waals surface area contributed by atoms with Gasteiger partial charge in [0.25, 0.3) is 15.7 Å². The number of anilines is 1. The Hall–Kier alpha value is -2.67. The number of rotatable bonds is 5. The van der Waals surface area contributed by atoms with E-state index in [0.29, 0.717) is 0 Å². The Bertz CT molecular complexity index is 895. The van der Waals surface area contributed by atoms with Crippen LogP contribution in [-0.2, 0) is 10.0 Å². The Balaban J connectivity index is 2.26. The third kappa shape index (κ3) is 4.42. The van der Waals surface area contributed by atoms with Gasteiger partial charge >= 0.3 is 0 Å². The van der Waals surface area contributed by atoms with Gasteiger partial charge in [0.2, 0.25) is 0 Å². The molecule has 2 rings (SSSR count). The summed E-state index contributed by atoms with van der Waals surface area (Å²) in [6, 6.07) is 9.32.